The molecule has 0 saturated carbocycles. The van der Waals surface area contributed by atoms with Gasteiger partial charge in [0.2, 0.25) is 0 Å². The van der Waals surface area contributed by atoms with Crippen molar-refractivity contribution >= 4 is 11.9 Å². The molecule has 15 heavy (non-hydrogen) atoms. The molecule has 1 aromatic carbocycles. The van der Waals surface area contributed by atoms with E-state index in [2.05, 4.69) is 4.74 Å². The van der Waals surface area contributed by atoms with E-state index in [1.807, 2.05) is 13.8 Å². The lowest BCUT2D eigenvalue weighted by Crippen LogP contribution is -2.01. The lowest BCUT2D eigenvalue weighted by atomic mass is 10.00. The van der Waals surface area contributed by atoms with E-state index in [0.717, 1.165) is 11.1 Å². The third-order valence-electron chi connectivity index (χ3n) is 2.60. The molecule has 78 valence electrons. The summed E-state index contributed by atoms with van der Waals surface area (Å²) in [6.07, 6.45) is 0. The number of benzene rings is 1. The van der Waals surface area contributed by atoms with Gasteiger partial charge in [0.15, 0.2) is 0 Å². The lowest BCUT2D eigenvalue weighted by Gasteiger charge is -2.09. The van der Waals surface area contributed by atoms with Crippen LogP contribution < -0.4 is 4.74 Å². The van der Waals surface area contributed by atoms with Gasteiger partial charge in [0.25, 0.3) is 0 Å². The molecule has 0 radical (unpaired) electrons. The summed E-state index contributed by atoms with van der Waals surface area (Å²) in [5.41, 5.74) is 2.28. The smallest absolute Gasteiger partial charge is 0.350 e. The normalized spacial score (nSPS) is 13.8. The molecule has 4 heteroatoms. The van der Waals surface area contributed by atoms with Crippen LogP contribution in [0.25, 0.3) is 0 Å². The Bertz CT molecular complexity index is 474. The fraction of sp³-hybridized carbons (Fsp3) is 0.273. The van der Waals surface area contributed by atoms with E-state index in [-0.39, 0.29) is 5.56 Å². The van der Waals surface area contributed by atoms with E-state index in [0.29, 0.717) is 11.3 Å². The maximum absolute atomic E-state index is 11.4. The molecular weight excluding hydrogens is 196 g/mol. The Morgan fingerprint density at radius 3 is 2.47 bits per heavy atom. The molecule has 0 bridgehead atoms. The number of ether oxygens (including phenoxy) is 2. The van der Waals surface area contributed by atoms with Gasteiger partial charge in [-0.25, -0.2) is 9.59 Å². The summed E-state index contributed by atoms with van der Waals surface area (Å²) in [5.74, 6) is -0.799. The van der Waals surface area contributed by atoms with Crippen molar-refractivity contribution < 1.29 is 19.1 Å². The number of aryl methyl sites for hydroxylation is 1. The highest BCUT2D eigenvalue weighted by molar-refractivity contribution is 6.16. The van der Waals surface area contributed by atoms with Crippen LogP contribution in [0.3, 0.4) is 0 Å². The van der Waals surface area contributed by atoms with Gasteiger partial charge in [0.05, 0.1) is 12.7 Å². The maximum Gasteiger partial charge on any atom is 0.350 e. The Morgan fingerprint density at radius 1 is 1.20 bits per heavy atom. The van der Waals surface area contributed by atoms with Crippen molar-refractivity contribution in [1.29, 1.82) is 0 Å². The third-order valence-corrected chi connectivity index (χ3v) is 2.60. The Labute approximate surface area is 86.8 Å². The third kappa shape index (κ3) is 1.21. The summed E-state index contributed by atoms with van der Waals surface area (Å²) in [4.78, 5) is 22.7. The molecule has 0 amide bonds. The molecule has 0 saturated heterocycles. The highest BCUT2D eigenvalue weighted by atomic mass is 16.6. The van der Waals surface area contributed by atoms with Crippen molar-refractivity contribution in [3.05, 3.63) is 28.3 Å². The zero-order valence-corrected chi connectivity index (χ0v) is 8.71. The average molecular weight is 206 g/mol. The van der Waals surface area contributed by atoms with Crippen LogP contribution in [0, 0.1) is 13.8 Å². The van der Waals surface area contributed by atoms with E-state index < -0.39 is 11.9 Å². The number of fused-ring (bicyclic) bond motifs is 1. The number of esters is 2. The van der Waals surface area contributed by atoms with Gasteiger partial charge in [-0.05, 0) is 31.0 Å². The molecule has 0 aliphatic carbocycles. The van der Waals surface area contributed by atoms with Crippen LogP contribution in [0.1, 0.15) is 31.8 Å². The molecule has 0 unspecified atom stereocenters. The first kappa shape index (κ1) is 9.71. The summed E-state index contributed by atoms with van der Waals surface area (Å²) in [5, 5.41) is 0. The average Bonchev–Trinajstić information content (AvgIpc) is 2.45. The van der Waals surface area contributed by atoms with Crippen LogP contribution in [0.4, 0.5) is 0 Å². The highest BCUT2D eigenvalue weighted by Crippen LogP contribution is 2.34. The minimum Gasteiger partial charge on any atom is -0.496 e. The zero-order valence-electron chi connectivity index (χ0n) is 8.71. The second-order valence-corrected chi connectivity index (χ2v) is 3.45. The van der Waals surface area contributed by atoms with E-state index >= 15 is 0 Å². The molecule has 0 fully saturated rings. The zero-order chi connectivity index (χ0) is 11.2. The summed E-state index contributed by atoms with van der Waals surface area (Å²) in [7, 11) is 1.47. The van der Waals surface area contributed by atoms with Gasteiger partial charge in [-0.15, -0.1) is 0 Å². The summed E-state index contributed by atoms with van der Waals surface area (Å²) in [6, 6.07) is 1.65. The summed E-state index contributed by atoms with van der Waals surface area (Å²) in [6.45, 7) is 3.69. The van der Waals surface area contributed by atoms with Crippen molar-refractivity contribution in [2.24, 2.45) is 0 Å². The van der Waals surface area contributed by atoms with E-state index in [9.17, 15) is 9.59 Å². The first-order chi connectivity index (χ1) is 7.06. The molecule has 0 spiro atoms. The highest BCUT2D eigenvalue weighted by Gasteiger charge is 2.34. The second-order valence-electron chi connectivity index (χ2n) is 3.45. The number of cyclic esters (lactones) is 2. The molecule has 4 nitrogen and oxygen atoms in total. The predicted octanol–water partition coefficient (Wildman–Crippen LogP) is 1.62. The topological polar surface area (TPSA) is 52.6 Å². The quantitative estimate of drug-likeness (QED) is 0.517. The summed E-state index contributed by atoms with van der Waals surface area (Å²) >= 11 is 0. The monoisotopic (exact) mass is 206 g/mol. The minimum absolute atomic E-state index is 0.241. The molecular formula is C11H10O4. The molecule has 1 heterocycles. The maximum atomic E-state index is 11.4. The predicted molar refractivity (Wildman–Crippen MR) is 52.2 cm³/mol. The van der Waals surface area contributed by atoms with E-state index in [1.54, 1.807) is 6.07 Å². The van der Waals surface area contributed by atoms with Crippen LogP contribution in [-0.2, 0) is 4.74 Å². The van der Waals surface area contributed by atoms with Crippen LogP contribution in [0.5, 0.6) is 5.75 Å². The number of methoxy groups -OCH3 is 1. The molecule has 0 atom stereocenters. The van der Waals surface area contributed by atoms with Crippen LogP contribution in [-0.4, -0.2) is 19.0 Å². The number of carbonyl (C=O) groups excluding carboxylic acids is 2. The molecule has 1 aliphatic heterocycles. The van der Waals surface area contributed by atoms with Gasteiger partial charge in [-0.2, -0.15) is 0 Å². The molecule has 0 N–H and O–H groups in total. The molecule has 1 aromatic rings. The first-order valence-corrected chi connectivity index (χ1v) is 4.51. The van der Waals surface area contributed by atoms with Crippen LogP contribution >= 0.6 is 0 Å². The van der Waals surface area contributed by atoms with Gasteiger partial charge in [0.1, 0.15) is 11.3 Å². The molecule has 1 aliphatic rings. The SMILES string of the molecule is COc1c(C)c(C)cc2c1C(=O)OC2=O. The van der Waals surface area contributed by atoms with Gasteiger partial charge < -0.3 is 9.47 Å². The summed E-state index contributed by atoms with van der Waals surface area (Å²) < 4.78 is 9.66. The number of carbonyl (C=O) groups is 2. The number of hydrogen-bond acceptors (Lipinski definition) is 4. The van der Waals surface area contributed by atoms with Gasteiger partial charge in [-0.1, -0.05) is 0 Å². The second kappa shape index (κ2) is 3.08. The lowest BCUT2D eigenvalue weighted by molar-refractivity contribution is 0.0443. The fourth-order valence-electron chi connectivity index (χ4n) is 1.69. The van der Waals surface area contributed by atoms with Crippen LogP contribution in [0.2, 0.25) is 0 Å². The standard InChI is InChI=1S/C11H10O4/c1-5-4-7-8(9(14-3)6(5)2)11(13)15-10(7)12/h4H,1-3H3. The first-order valence-electron chi connectivity index (χ1n) is 4.51. The van der Waals surface area contributed by atoms with Crippen molar-refractivity contribution in [2.75, 3.05) is 7.11 Å². The van der Waals surface area contributed by atoms with Crippen molar-refractivity contribution in [3.63, 3.8) is 0 Å². The van der Waals surface area contributed by atoms with Crippen molar-refractivity contribution in [1.82, 2.24) is 0 Å². The van der Waals surface area contributed by atoms with Crippen molar-refractivity contribution in [3.8, 4) is 5.75 Å². The molecule has 2 rings (SSSR count). The Hall–Kier alpha value is -1.84. The number of hydrogen-bond donors (Lipinski definition) is 0. The largest absolute Gasteiger partial charge is 0.496 e. The van der Waals surface area contributed by atoms with E-state index in [4.69, 9.17) is 4.74 Å². The van der Waals surface area contributed by atoms with Crippen LogP contribution in [0.15, 0.2) is 6.07 Å². The fourth-order valence-corrected chi connectivity index (χ4v) is 1.69. The van der Waals surface area contributed by atoms with Gasteiger partial charge in [-0.3, -0.25) is 0 Å². The molecule has 0 aromatic heterocycles. The van der Waals surface area contributed by atoms with Gasteiger partial charge in [0, 0.05) is 0 Å². The van der Waals surface area contributed by atoms with Gasteiger partial charge >= 0.3 is 11.9 Å². The Morgan fingerprint density at radius 2 is 1.87 bits per heavy atom. The minimum atomic E-state index is -0.630. The Kier molecular flexibility index (Phi) is 2.00. The van der Waals surface area contributed by atoms with E-state index in [1.165, 1.54) is 7.11 Å². The van der Waals surface area contributed by atoms with Crippen molar-refractivity contribution in [2.45, 2.75) is 13.8 Å². The Balaban J connectivity index is 2.81. The number of rotatable bonds is 1.